The molecule has 82 valence electrons. The van der Waals surface area contributed by atoms with Crippen LogP contribution in [0.15, 0.2) is 0 Å². The maximum atomic E-state index is 11.3. The SMILES string of the molecule is O=C1CCCCNCCCCCCN1. The zero-order valence-electron chi connectivity index (χ0n) is 8.98. The highest BCUT2D eigenvalue weighted by atomic mass is 16.1. The lowest BCUT2D eigenvalue weighted by Gasteiger charge is -2.03. The molecule has 1 heterocycles. The van der Waals surface area contributed by atoms with Crippen molar-refractivity contribution < 1.29 is 4.79 Å². The van der Waals surface area contributed by atoms with Crippen molar-refractivity contribution in [3.63, 3.8) is 0 Å². The van der Waals surface area contributed by atoms with Crippen molar-refractivity contribution in [1.82, 2.24) is 10.6 Å². The first-order valence-electron chi connectivity index (χ1n) is 5.87. The molecule has 0 aromatic heterocycles. The highest BCUT2D eigenvalue weighted by Gasteiger charge is 2.01. The summed E-state index contributed by atoms with van der Waals surface area (Å²) in [5.41, 5.74) is 0. The molecule has 1 fully saturated rings. The zero-order chi connectivity index (χ0) is 10.1. The number of carbonyl (C=O) groups is 1. The predicted molar refractivity (Wildman–Crippen MR) is 58.2 cm³/mol. The van der Waals surface area contributed by atoms with Crippen molar-refractivity contribution in [2.45, 2.75) is 44.9 Å². The van der Waals surface area contributed by atoms with E-state index in [4.69, 9.17) is 0 Å². The van der Waals surface area contributed by atoms with Gasteiger partial charge in [-0.3, -0.25) is 4.79 Å². The minimum absolute atomic E-state index is 0.226. The summed E-state index contributed by atoms with van der Waals surface area (Å²) in [7, 11) is 0. The Morgan fingerprint density at radius 2 is 1.43 bits per heavy atom. The van der Waals surface area contributed by atoms with Gasteiger partial charge in [0.2, 0.25) is 5.91 Å². The first-order chi connectivity index (χ1) is 6.89. The first kappa shape index (κ1) is 11.5. The van der Waals surface area contributed by atoms with Crippen LogP contribution in [-0.4, -0.2) is 25.5 Å². The number of hydrogen-bond donors (Lipinski definition) is 2. The third-order valence-corrected chi connectivity index (χ3v) is 2.61. The minimum Gasteiger partial charge on any atom is -0.356 e. The van der Waals surface area contributed by atoms with E-state index < -0.39 is 0 Å². The molecular formula is C11H22N2O. The van der Waals surface area contributed by atoms with Crippen molar-refractivity contribution in [3.8, 4) is 0 Å². The summed E-state index contributed by atoms with van der Waals surface area (Å²) in [5.74, 6) is 0.226. The van der Waals surface area contributed by atoms with Crippen LogP contribution in [0.5, 0.6) is 0 Å². The highest BCUT2D eigenvalue weighted by molar-refractivity contribution is 5.75. The predicted octanol–water partition coefficient (Wildman–Crippen LogP) is 1.44. The average molecular weight is 198 g/mol. The van der Waals surface area contributed by atoms with Gasteiger partial charge in [0, 0.05) is 13.0 Å². The summed E-state index contributed by atoms with van der Waals surface area (Å²) in [6.07, 6.45) is 7.75. The fourth-order valence-electron chi connectivity index (χ4n) is 1.71. The standard InChI is InChI=1S/C11H22N2O/c14-11-7-3-6-9-12-8-4-1-2-5-10-13-11/h12H,1-10H2,(H,13,14). The van der Waals surface area contributed by atoms with E-state index in [1.165, 1.54) is 19.3 Å². The molecule has 0 saturated carbocycles. The lowest BCUT2D eigenvalue weighted by Crippen LogP contribution is -2.24. The van der Waals surface area contributed by atoms with Crippen LogP contribution < -0.4 is 10.6 Å². The fraction of sp³-hybridized carbons (Fsp3) is 0.909. The van der Waals surface area contributed by atoms with Crippen LogP contribution in [0, 0.1) is 0 Å². The molecule has 1 rings (SSSR count). The van der Waals surface area contributed by atoms with Crippen molar-refractivity contribution in [3.05, 3.63) is 0 Å². The molecule has 1 saturated heterocycles. The number of nitrogens with one attached hydrogen (secondary N) is 2. The summed E-state index contributed by atoms with van der Waals surface area (Å²) in [4.78, 5) is 11.3. The molecule has 0 bridgehead atoms. The maximum absolute atomic E-state index is 11.3. The molecule has 14 heavy (non-hydrogen) atoms. The quantitative estimate of drug-likeness (QED) is 0.618. The Morgan fingerprint density at radius 1 is 0.786 bits per heavy atom. The van der Waals surface area contributed by atoms with Gasteiger partial charge >= 0.3 is 0 Å². The lowest BCUT2D eigenvalue weighted by atomic mass is 10.2. The fourth-order valence-corrected chi connectivity index (χ4v) is 1.71. The van der Waals surface area contributed by atoms with Crippen LogP contribution in [0.3, 0.4) is 0 Å². The van der Waals surface area contributed by atoms with Crippen LogP contribution in [0.25, 0.3) is 0 Å². The second kappa shape index (κ2) is 7.80. The topological polar surface area (TPSA) is 41.1 Å². The van der Waals surface area contributed by atoms with E-state index in [-0.39, 0.29) is 5.91 Å². The zero-order valence-corrected chi connectivity index (χ0v) is 8.98. The Hall–Kier alpha value is -0.570. The van der Waals surface area contributed by atoms with Gasteiger partial charge in [-0.1, -0.05) is 12.8 Å². The van der Waals surface area contributed by atoms with E-state index in [0.29, 0.717) is 6.42 Å². The largest absolute Gasteiger partial charge is 0.356 e. The second-order valence-electron chi connectivity index (χ2n) is 3.97. The molecule has 2 N–H and O–H groups in total. The summed E-state index contributed by atoms with van der Waals surface area (Å²) in [6.45, 7) is 3.07. The van der Waals surface area contributed by atoms with E-state index in [2.05, 4.69) is 10.6 Å². The molecule has 0 spiro atoms. The monoisotopic (exact) mass is 198 g/mol. The maximum Gasteiger partial charge on any atom is 0.219 e. The van der Waals surface area contributed by atoms with Crippen LogP contribution >= 0.6 is 0 Å². The molecule has 0 unspecified atom stereocenters. The molecule has 1 amide bonds. The van der Waals surface area contributed by atoms with Crippen molar-refractivity contribution in [2.24, 2.45) is 0 Å². The van der Waals surface area contributed by atoms with E-state index in [1.54, 1.807) is 0 Å². The molecule has 0 atom stereocenters. The molecule has 0 aromatic carbocycles. The van der Waals surface area contributed by atoms with Crippen LogP contribution in [-0.2, 0) is 4.79 Å². The average Bonchev–Trinajstić information content (AvgIpc) is 2.20. The van der Waals surface area contributed by atoms with Gasteiger partial charge in [-0.25, -0.2) is 0 Å². The number of amides is 1. The molecule has 3 nitrogen and oxygen atoms in total. The van der Waals surface area contributed by atoms with E-state index >= 15 is 0 Å². The van der Waals surface area contributed by atoms with Gasteiger partial charge in [0.05, 0.1) is 0 Å². The van der Waals surface area contributed by atoms with Gasteiger partial charge in [0.1, 0.15) is 0 Å². The Morgan fingerprint density at radius 3 is 2.21 bits per heavy atom. The Labute approximate surface area is 86.6 Å². The molecule has 1 aliphatic heterocycles. The summed E-state index contributed by atoms with van der Waals surface area (Å²) >= 11 is 0. The summed E-state index contributed by atoms with van der Waals surface area (Å²) in [6, 6.07) is 0. The number of carbonyl (C=O) groups excluding carboxylic acids is 1. The number of hydrogen-bond acceptors (Lipinski definition) is 2. The van der Waals surface area contributed by atoms with Gasteiger partial charge in [0.15, 0.2) is 0 Å². The van der Waals surface area contributed by atoms with E-state index in [0.717, 1.165) is 38.9 Å². The second-order valence-corrected chi connectivity index (χ2v) is 3.97. The van der Waals surface area contributed by atoms with Crippen LogP contribution in [0.1, 0.15) is 44.9 Å². The molecular weight excluding hydrogens is 176 g/mol. The highest BCUT2D eigenvalue weighted by Crippen LogP contribution is 2.00. The van der Waals surface area contributed by atoms with Gasteiger partial charge in [-0.2, -0.15) is 0 Å². The minimum atomic E-state index is 0.226. The third-order valence-electron chi connectivity index (χ3n) is 2.61. The molecule has 0 aliphatic carbocycles. The smallest absolute Gasteiger partial charge is 0.219 e. The van der Waals surface area contributed by atoms with Crippen molar-refractivity contribution >= 4 is 5.91 Å². The Balaban J connectivity index is 2.15. The van der Waals surface area contributed by atoms with Crippen LogP contribution in [0.2, 0.25) is 0 Å². The Kier molecular flexibility index (Phi) is 6.41. The molecule has 3 heteroatoms. The van der Waals surface area contributed by atoms with Crippen molar-refractivity contribution in [1.29, 1.82) is 0 Å². The summed E-state index contributed by atoms with van der Waals surface area (Å²) in [5, 5.41) is 6.37. The third kappa shape index (κ3) is 5.97. The van der Waals surface area contributed by atoms with Crippen molar-refractivity contribution in [2.75, 3.05) is 19.6 Å². The van der Waals surface area contributed by atoms with E-state index in [9.17, 15) is 4.79 Å². The van der Waals surface area contributed by atoms with Gasteiger partial charge in [0.25, 0.3) is 0 Å². The number of rotatable bonds is 0. The van der Waals surface area contributed by atoms with E-state index in [1.807, 2.05) is 0 Å². The first-order valence-corrected chi connectivity index (χ1v) is 5.87. The van der Waals surface area contributed by atoms with Crippen LogP contribution in [0.4, 0.5) is 0 Å². The van der Waals surface area contributed by atoms with Gasteiger partial charge in [-0.05, 0) is 38.8 Å². The molecule has 0 radical (unpaired) electrons. The van der Waals surface area contributed by atoms with Gasteiger partial charge in [-0.15, -0.1) is 0 Å². The lowest BCUT2D eigenvalue weighted by molar-refractivity contribution is -0.121. The molecule has 0 aromatic rings. The normalized spacial score (nSPS) is 22.7. The molecule has 1 aliphatic rings. The summed E-state index contributed by atoms with van der Waals surface area (Å²) < 4.78 is 0. The van der Waals surface area contributed by atoms with Gasteiger partial charge < -0.3 is 10.6 Å². The Bertz CT molecular complexity index is 143.